The topological polar surface area (TPSA) is 56.8 Å². The van der Waals surface area contributed by atoms with Gasteiger partial charge in [0.2, 0.25) is 0 Å². The number of amides is 1. The molecule has 3 aromatic carbocycles. The van der Waals surface area contributed by atoms with Crippen molar-refractivity contribution in [3.8, 4) is 17.2 Å². The summed E-state index contributed by atoms with van der Waals surface area (Å²) in [6.45, 7) is 2.09. The van der Waals surface area contributed by atoms with Crippen LogP contribution in [0.3, 0.4) is 0 Å². The average Bonchev–Trinajstić information content (AvgIpc) is 2.83. The van der Waals surface area contributed by atoms with Crippen LogP contribution in [0.5, 0.6) is 17.2 Å². The number of nitrogens with one attached hydrogen (secondary N) is 1. The Labute approximate surface area is 184 Å². The molecule has 0 saturated carbocycles. The van der Waals surface area contributed by atoms with Gasteiger partial charge in [-0.2, -0.15) is 0 Å². The number of rotatable bonds is 9. The van der Waals surface area contributed by atoms with Crippen LogP contribution in [0.25, 0.3) is 0 Å². The van der Waals surface area contributed by atoms with E-state index in [1.165, 1.54) is 0 Å². The molecule has 0 heterocycles. The van der Waals surface area contributed by atoms with Crippen molar-refractivity contribution in [3.63, 3.8) is 0 Å². The van der Waals surface area contributed by atoms with Crippen molar-refractivity contribution in [1.82, 2.24) is 5.32 Å². The Kier molecular flexibility index (Phi) is 7.55. The predicted octanol–water partition coefficient (Wildman–Crippen LogP) is 4.99. The minimum Gasteiger partial charge on any atom is -0.497 e. The fourth-order valence-electron chi connectivity index (χ4n) is 3.64. The van der Waals surface area contributed by atoms with Crippen molar-refractivity contribution in [2.24, 2.45) is 0 Å². The number of carbonyl (C=O) groups is 1. The third-order valence-electron chi connectivity index (χ3n) is 5.34. The summed E-state index contributed by atoms with van der Waals surface area (Å²) in [4.78, 5) is 13.1. The highest BCUT2D eigenvalue weighted by Gasteiger charge is 2.21. The molecule has 1 N–H and O–H groups in total. The van der Waals surface area contributed by atoms with Crippen LogP contribution in [0.4, 0.5) is 0 Å². The fourth-order valence-corrected chi connectivity index (χ4v) is 3.64. The van der Waals surface area contributed by atoms with E-state index in [2.05, 4.69) is 24.4 Å². The molecule has 1 amide bonds. The average molecular weight is 420 g/mol. The van der Waals surface area contributed by atoms with Crippen LogP contribution in [-0.4, -0.2) is 27.2 Å². The third kappa shape index (κ3) is 5.37. The Morgan fingerprint density at radius 3 is 2.10 bits per heavy atom. The molecule has 0 fully saturated rings. The SMILES string of the molecule is CCc1cc(OC)c(OC)cc1C(Cc1ccccc1)NC(=O)c1ccc(OC)cc1. The van der Waals surface area contributed by atoms with Gasteiger partial charge in [0, 0.05) is 5.56 Å². The second kappa shape index (κ2) is 10.5. The number of ether oxygens (including phenoxy) is 3. The van der Waals surface area contributed by atoms with Gasteiger partial charge >= 0.3 is 0 Å². The molecule has 3 aromatic rings. The standard InChI is InChI=1S/C26H29NO4/c1-5-19-16-24(30-3)25(31-4)17-22(19)23(15-18-9-7-6-8-10-18)27-26(28)20-11-13-21(29-2)14-12-20/h6-14,16-17,23H,5,15H2,1-4H3,(H,27,28). The molecule has 1 atom stereocenters. The van der Waals surface area contributed by atoms with E-state index in [-0.39, 0.29) is 11.9 Å². The smallest absolute Gasteiger partial charge is 0.251 e. The molecule has 0 saturated heterocycles. The largest absolute Gasteiger partial charge is 0.497 e. The number of methoxy groups -OCH3 is 3. The first-order chi connectivity index (χ1) is 15.1. The molecule has 31 heavy (non-hydrogen) atoms. The number of benzene rings is 3. The van der Waals surface area contributed by atoms with Crippen LogP contribution in [0.2, 0.25) is 0 Å². The molecule has 0 aromatic heterocycles. The summed E-state index contributed by atoms with van der Waals surface area (Å²) in [6, 6.07) is 21.0. The number of hydrogen-bond acceptors (Lipinski definition) is 4. The number of aryl methyl sites for hydroxylation is 1. The Balaban J connectivity index is 1.99. The number of carbonyl (C=O) groups excluding carboxylic acids is 1. The molecule has 5 heteroatoms. The van der Waals surface area contributed by atoms with Crippen molar-refractivity contribution in [2.45, 2.75) is 25.8 Å². The summed E-state index contributed by atoms with van der Waals surface area (Å²) < 4.78 is 16.2. The predicted molar refractivity (Wildman–Crippen MR) is 122 cm³/mol. The molecular formula is C26H29NO4. The van der Waals surface area contributed by atoms with E-state index in [1.54, 1.807) is 45.6 Å². The monoisotopic (exact) mass is 419 g/mol. The Morgan fingerprint density at radius 2 is 1.52 bits per heavy atom. The zero-order chi connectivity index (χ0) is 22.2. The van der Waals surface area contributed by atoms with E-state index in [0.29, 0.717) is 29.2 Å². The quantitative estimate of drug-likeness (QED) is 0.531. The first-order valence-electron chi connectivity index (χ1n) is 10.3. The lowest BCUT2D eigenvalue weighted by Gasteiger charge is -2.24. The number of hydrogen-bond donors (Lipinski definition) is 1. The summed E-state index contributed by atoms with van der Waals surface area (Å²) in [6.07, 6.45) is 1.46. The summed E-state index contributed by atoms with van der Waals surface area (Å²) in [7, 11) is 4.85. The lowest BCUT2D eigenvalue weighted by molar-refractivity contribution is 0.0936. The molecule has 1 unspecified atom stereocenters. The van der Waals surface area contributed by atoms with Crippen LogP contribution in [0.15, 0.2) is 66.7 Å². The molecule has 0 aliphatic carbocycles. The molecule has 0 radical (unpaired) electrons. The normalized spacial score (nSPS) is 11.5. The highest BCUT2D eigenvalue weighted by Crippen LogP contribution is 2.35. The summed E-state index contributed by atoms with van der Waals surface area (Å²) in [5.41, 5.74) is 3.84. The van der Waals surface area contributed by atoms with Crippen LogP contribution >= 0.6 is 0 Å². The molecule has 5 nitrogen and oxygen atoms in total. The first kappa shape index (κ1) is 22.2. The van der Waals surface area contributed by atoms with Gasteiger partial charge in [0.05, 0.1) is 27.4 Å². The fraction of sp³-hybridized carbons (Fsp3) is 0.269. The zero-order valence-electron chi connectivity index (χ0n) is 18.5. The van der Waals surface area contributed by atoms with E-state index in [4.69, 9.17) is 14.2 Å². The molecule has 0 aliphatic rings. The van der Waals surface area contributed by atoms with Gasteiger partial charge in [-0.15, -0.1) is 0 Å². The second-order valence-electron chi connectivity index (χ2n) is 7.20. The van der Waals surface area contributed by atoms with E-state index in [9.17, 15) is 4.79 Å². The van der Waals surface area contributed by atoms with Gasteiger partial charge in [-0.1, -0.05) is 37.3 Å². The Hall–Kier alpha value is -3.47. The molecule has 0 aliphatic heterocycles. The Bertz CT molecular complexity index is 1000. The molecular weight excluding hydrogens is 390 g/mol. The second-order valence-corrected chi connectivity index (χ2v) is 7.20. The van der Waals surface area contributed by atoms with Gasteiger partial charge in [0.1, 0.15) is 5.75 Å². The van der Waals surface area contributed by atoms with Crippen molar-refractivity contribution < 1.29 is 19.0 Å². The maximum Gasteiger partial charge on any atom is 0.251 e. The molecule has 162 valence electrons. The van der Waals surface area contributed by atoms with Crippen LogP contribution in [0.1, 0.15) is 40.0 Å². The van der Waals surface area contributed by atoms with E-state index in [1.807, 2.05) is 30.3 Å². The zero-order valence-corrected chi connectivity index (χ0v) is 18.5. The van der Waals surface area contributed by atoms with Gasteiger partial charge in [-0.05, 0) is 65.9 Å². The van der Waals surface area contributed by atoms with Gasteiger partial charge in [-0.3, -0.25) is 4.79 Å². The minimum atomic E-state index is -0.230. The van der Waals surface area contributed by atoms with Crippen LogP contribution < -0.4 is 19.5 Å². The van der Waals surface area contributed by atoms with E-state index < -0.39 is 0 Å². The van der Waals surface area contributed by atoms with Gasteiger partial charge < -0.3 is 19.5 Å². The first-order valence-corrected chi connectivity index (χ1v) is 10.3. The van der Waals surface area contributed by atoms with Crippen molar-refractivity contribution in [1.29, 1.82) is 0 Å². The Morgan fingerprint density at radius 1 is 0.871 bits per heavy atom. The molecule has 0 spiro atoms. The highest BCUT2D eigenvalue weighted by molar-refractivity contribution is 5.94. The summed E-state index contributed by atoms with van der Waals surface area (Å²) in [5, 5.41) is 3.22. The minimum absolute atomic E-state index is 0.138. The summed E-state index contributed by atoms with van der Waals surface area (Å²) >= 11 is 0. The maximum atomic E-state index is 13.1. The third-order valence-corrected chi connectivity index (χ3v) is 5.34. The van der Waals surface area contributed by atoms with Crippen LogP contribution in [-0.2, 0) is 12.8 Å². The maximum absolute atomic E-state index is 13.1. The van der Waals surface area contributed by atoms with Gasteiger partial charge in [0.25, 0.3) is 5.91 Å². The molecule has 3 rings (SSSR count). The summed E-state index contributed by atoms with van der Waals surface area (Å²) in [5.74, 6) is 1.90. The van der Waals surface area contributed by atoms with E-state index in [0.717, 1.165) is 23.1 Å². The van der Waals surface area contributed by atoms with Gasteiger partial charge in [0.15, 0.2) is 11.5 Å². The highest BCUT2D eigenvalue weighted by atomic mass is 16.5. The molecule has 0 bridgehead atoms. The lowest BCUT2D eigenvalue weighted by Crippen LogP contribution is -2.30. The van der Waals surface area contributed by atoms with Crippen molar-refractivity contribution in [2.75, 3.05) is 21.3 Å². The van der Waals surface area contributed by atoms with Gasteiger partial charge in [-0.25, -0.2) is 0 Å². The van der Waals surface area contributed by atoms with Crippen LogP contribution in [0, 0.1) is 0 Å². The van der Waals surface area contributed by atoms with E-state index >= 15 is 0 Å². The van der Waals surface area contributed by atoms with Crippen molar-refractivity contribution >= 4 is 5.91 Å². The lowest BCUT2D eigenvalue weighted by atomic mass is 9.92. The van der Waals surface area contributed by atoms with Crippen molar-refractivity contribution in [3.05, 3.63) is 89.0 Å².